The molecular weight excluding hydrogens is 541 g/mol. The van der Waals surface area contributed by atoms with Gasteiger partial charge in [-0.3, -0.25) is 4.57 Å². The highest BCUT2D eigenvalue weighted by atomic mass is 35.5. The van der Waals surface area contributed by atoms with Crippen LogP contribution in [0.4, 0.5) is 13.2 Å². The van der Waals surface area contributed by atoms with Gasteiger partial charge in [0.25, 0.3) is 0 Å². The number of hydrogen-bond donors (Lipinski definition) is 0. The third kappa shape index (κ3) is 5.82. The molecule has 4 aromatic rings. The van der Waals surface area contributed by atoms with Crippen molar-refractivity contribution in [2.24, 2.45) is 0 Å². The minimum Gasteiger partial charge on any atom is -0.404 e. The molecule has 2 aromatic carbocycles. The normalized spacial score (nSPS) is 12.3. The molecule has 0 fully saturated rings. The summed E-state index contributed by atoms with van der Waals surface area (Å²) >= 11 is 6.24. The van der Waals surface area contributed by atoms with Crippen LogP contribution in [0.2, 0.25) is 21.6 Å². The molecule has 0 spiro atoms. The van der Waals surface area contributed by atoms with E-state index in [2.05, 4.69) is 62.7 Å². The lowest BCUT2D eigenvalue weighted by Crippen LogP contribution is -2.43. The van der Waals surface area contributed by atoms with Crippen molar-refractivity contribution in [1.82, 2.24) is 19.5 Å². The lowest BCUT2D eigenvalue weighted by atomic mass is 10.2. The highest BCUT2D eigenvalue weighted by Crippen LogP contribution is 2.41. The van der Waals surface area contributed by atoms with Gasteiger partial charge in [0.1, 0.15) is 19.3 Å². The van der Waals surface area contributed by atoms with Crippen molar-refractivity contribution >= 4 is 30.8 Å². The zero-order valence-corrected chi connectivity index (χ0v) is 24.4. The molecule has 39 heavy (non-hydrogen) atoms. The van der Waals surface area contributed by atoms with Gasteiger partial charge in [0.15, 0.2) is 17.3 Å². The maximum Gasteiger partial charge on any atom is 0.573 e. The molecule has 10 heteroatoms. The fraction of sp³-hybridized carbons (Fsp3) is 0.345. The van der Waals surface area contributed by atoms with Gasteiger partial charge in [0.05, 0.1) is 16.9 Å². The predicted molar refractivity (Wildman–Crippen MR) is 152 cm³/mol. The first-order chi connectivity index (χ1) is 18.3. The van der Waals surface area contributed by atoms with Crippen LogP contribution in [0.25, 0.3) is 28.2 Å². The summed E-state index contributed by atoms with van der Waals surface area (Å²) in [6.07, 6.45) is -3.23. The summed E-state index contributed by atoms with van der Waals surface area (Å²) in [4.78, 5) is 14.0. The number of imidazole rings is 1. The second-order valence-electron chi connectivity index (χ2n) is 10.3. The Kier molecular flexibility index (Phi) is 8.10. The van der Waals surface area contributed by atoms with Crippen LogP contribution in [0.15, 0.2) is 54.7 Å². The van der Waals surface area contributed by atoms with Crippen LogP contribution < -0.4 is 4.74 Å². The predicted octanol–water partition coefficient (Wildman–Crippen LogP) is 8.60. The van der Waals surface area contributed by atoms with Crippen molar-refractivity contribution in [3.05, 3.63) is 65.6 Å². The van der Waals surface area contributed by atoms with E-state index in [1.54, 1.807) is 10.8 Å². The topological polar surface area (TPSA) is 52.8 Å². The van der Waals surface area contributed by atoms with Gasteiger partial charge in [0.2, 0.25) is 0 Å². The summed E-state index contributed by atoms with van der Waals surface area (Å²) in [5, 5.41) is -0.196. The number of fused-ring (bicyclic) bond motifs is 1. The monoisotopic (exact) mass is 570 g/mol. The second kappa shape index (κ2) is 11.0. The highest BCUT2D eigenvalue weighted by Gasteiger charge is 2.42. The van der Waals surface area contributed by atoms with Crippen molar-refractivity contribution < 1.29 is 17.9 Å². The number of benzene rings is 2. The quantitative estimate of drug-likeness (QED) is 0.172. The number of ether oxygens (including phenoxy) is 1. The average Bonchev–Trinajstić information content (AvgIpc) is 3.22. The molecule has 4 rings (SSSR count). The van der Waals surface area contributed by atoms with Crippen molar-refractivity contribution in [2.75, 3.05) is 0 Å². The highest BCUT2D eigenvalue weighted by molar-refractivity contribution is 6.90. The molecule has 2 aromatic heterocycles. The second-order valence-corrected chi connectivity index (χ2v) is 16.3. The molecule has 0 bridgehead atoms. The minimum atomic E-state index is -4.86. The van der Waals surface area contributed by atoms with Crippen LogP contribution in [0, 0.1) is 11.5 Å². The molecular formula is C29H30ClF3N4OSi. The fourth-order valence-corrected chi connectivity index (χ4v) is 10.8. The zero-order valence-electron chi connectivity index (χ0n) is 22.6. The average molecular weight is 571 g/mol. The first kappa shape index (κ1) is 28.6. The van der Waals surface area contributed by atoms with Crippen LogP contribution >= 0.6 is 11.6 Å². The van der Waals surface area contributed by atoms with Gasteiger partial charge in [0, 0.05) is 5.56 Å². The van der Waals surface area contributed by atoms with Gasteiger partial charge in [-0.15, -0.1) is 18.7 Å². The molecule has 0 aliphatic carbocycles. The van der Waals surface area contributed by atoms with E-state index >= 15 is 0 Å². The van der Waals surface area contributed by atoms with E-state index in [-0.39, 0.29) is 5.02 Å². The Morgan fingerprint density at radius 2 is 1.56 bits per heavy atom. The molecule has 0 amide bonds. The van der Waals surface area contributed by atoms with Crippen LogP contribution in [-0.4, -0.2) is 34.0 Å². The fourth-order valence-electron chi connectivity index (χ4n) is 5.36. The molecule has 0 N–H and O–H groups in total. The van der Waals surface area contributed by atoms with Crippen LogP contribution in [0.5, 0.6) is 5.75 Å². The van der Waals surface area contributed by atoms with Gasteiger partial charge < -0.3 is 4.74 Å². The summed E-state index contributed by atoms with van der Waals surface area (Å²) in [5.74, 6) is 3.78. The van der Waals surface area contributed by atoms with Crippen LogP contribution in [0.3, 0.4) is 0 Å². The zero-order chi connectivity index (χ0) is 28.5. The Morgan fingerprint density at radius 3 is 2.13 bits per heavy atom. The van der Waals surface area contributed by atoms with E-state index < -0.39 is 20.2 Å². The number of rotatable bonds is 6. The Bertz CT molecular complexity index is 1520. The van der Waals surface area contributed by atoms with Gasteiger partial charge in [-0.25, -0.2) is 15.0 Å². The Morgan fingerprint density at radius 1 is 0.923 bits per heavy atom. The number of nitrogens with zero attached hydrogens (tertiary/aromatic N) is 4. The van der Waals surface area contributed by atoms with Gasteiger partial charge in [-0.05, 0) is 40.7 Å². The summed E-state index contributed by atoms with van der Waals surface area (Å²) in [6.45, 7) is 13.3. The Balaban J connectivity index is 1.96. The van der Waals surface area contributed by atoms with E-state index in [1.165, 1.54) is 18.2 Å². The maximum absolute atomic E-state index is 12.9. The van der Waals surface area contributed by atoms with Crippen molar-refractivity contribution in [3.8, 4) is 34.3 Å². The molecule has 0 saturated heterocycles. The van der Waals surface area contributed by atoms with Gasteiger partial charge >= 0.3 is 6.36 Å². The van der Waals surface area contributed by atoms with Crippen LogP contribution in [0.1, 0.15) is 47.4 Å². The molecule has 0 radical (unpaired) electrons. The number of aromatic nitrogens is 4. The first-order valence-electron chi connectivity index (χ1n) is 12.7. The molecule has 0 aliphatic heterocycles. The van der Waals surface area contributed by atoms with Crippen molar-refractivity contribution in [2.45, 2.75) is 64.5 Å². The first-order valence-corrected chi connectivity index (χ1v) is 15.3. The summed E-state index contributed by atoms with van der Waals surface area (Å²) in [7, 11) is -2.11. The summed E-state index contributed by atoms with van der Waals surface area (Å²) < 4.78 is 44.3. The molecule has 204 valence electrons. The molecule has 2 heterocycles. The number of hydrogen-bond acceptors (Lipinski definition) is 4. The van der Waals surface area contributed by atoms with Gasteiger partial charge in [-0.2, -0.15) is 0 Å². The molecule has 0 atom stereocenters. The Labute approximate surface area is 232 Å². The Hall–Kier alpha value is -3.35. The van der Waals surface area contributed by atoms with Crippen molar-refractivity contribution in [3.63, 3.8) is 0 Å². The lowest BCUT2D eigenvalue weighted by molar-refractivity contribution is -0.274. The molecule has 5 nitrogen and oxygen atoms in total. The minimum absolute atomic E-state index is 0.196. The third-order valence-electron chi connectivity index (χ3n) is 7.09. The van der Waals surface area contributed by atoms with E-state index in [1.807, 2.05) is 30.3 Å². The smallest absolute Gasteiger partial charge is 0.404 e. The number of halogens is 4. The maximum atomic E-state index is 12.9. The van der Waals surface area contributed by atoms with Crippen molar-refractivity contribution in [1.29, 1.82) is 0 Å². The standard InChI is InChI=1S/C29H30ClF3N4OSi/c1-18(2)39(19(3)4,20(5)6)15-14-26-35-24-17-34-27(21-10-8-7-9-11-21)36-28(24)37(26)22-12-13-25(23(30)16-22)38-29(31,32)33/h7-13,16-20H,1-6H3. The van der Waals surface area contributed by atoms with E-state index in [0.717, 1.165) is 5.56 Å². The van der Waals surface area contributed by atoms with E-state index in [4.69, 9.17) is 21.6 Å². The SMILES string of the molecule is CC(C)[Si](C#Cc1nc2cnc(-c3ccccc3)nc2n1-c1ccc(OC(F)(F)F)c(Cl)c1)(C(C)C)C(C)C. The third-order valence-corrected chi connectivity index (χ3v) is 13.7. The molecule has 0 saturated carbocycles. The van der Waals surface area contributed by atoms with E-state index in [0.29, 0.717) is 45.1 Å². The summed E-state index contributed by atoms with van der Waals surface area (Å²) in [6, 6.07) is 13.6. The van der Waals surface area contributed by atoms with Crippen LogP contribution in [-0.2, 0) is 0 Å². The summed E-state index contributed by atoms with van der Waals surface area (Å²) in [5.41, 5.74) is 7.15. The largest absolute Gasteiger partial charge is 0.573 e. The number of alkyl halides is 3. The van der Waals surface area contributed by atoms with E-state index in [9.17, 15) is 13.2 Å². The lowest BCUT2D eigenvalue weighted by Gasteiger charge is -2.38. The molecule has 0 unspecified atom stereocenters. The van der Waals surface area contributed by atoms with Gasteiger partial charge in [-0.1, -0.05) is 83.5 Å². The molecule has 0 aliphatic rings.